The zero-order chi connectivity index (χ0) is 17.8. The average Bonchev–Trinajstić information content (AvgIpc) is 3.04. The number of rotatable bonds is 6. The number of nitrogens with zero attached hydrogens (tertiary/aromatic N) is 1. The second-order valence-electron chi connectivity index (χ2n) is 5.29. The third-order valence-electron chi connectivity index (χ3n) is 3.44. The van der Waals surface area contributed by atoms with E-state index in [0.717, 1.165) is 22.5 Å². The Balaban J connectivity index is 1.77. The molecule has 0 aliphatic rings. The first kappa shape index (κ1) is 17.4. The fraction of sp³-hybridized carbons (Fsp3) is 0.111. The topological polar surface area (TPSA) is 59.4 Å². The van der Waals surface area contributed by atoms with Gasteiger partial charge in [0.15, 0.2) is 0 Å². The Morgan fingerprint density at radius 3 is 2.68 bits per heavy atom. The van der Waals surface area contributed by atoms with Gasteiger partial charge in [0.25, 0.3) is 0 Å². The first-order valence-electron chi connectivity index (χ1n) is 7.34. The van der Waals surface area contributed by atoms with Crippen molar-refractivity contribution in [3.63, 3.8) is 0 Å². The number of carbonyl (C=O) groups is 1. The van der Waals surface area contributed by atoms with Crippen LogP contribution in [0.25, 0.3) is 0 Å². The molecule has 0 saturated carbocycles. The molecule has 3 aromatic rings. The van der Waals surface area contributed by atoms with Gasteiger partial charge < -0.3 is 9.84 Å². The predicted octanol–water partition coefficient (Wildman–Crippen LogP) is 4.80. The monoisotopic (exact) mass is 377 g/mol. The number of thiazole rings is 1. The van der Waals surface area contributed by atoms with Gasteiger partial charge in [0.05, 0.1) is 5.69 Å². The van der Waals surface area contributed by atoms with E-state index in [4.69, 9.17) is 21.4 Å². The second kappa shape index (κ2) is 7.63. The highest BCUT2D eigenvalue weighted by atomic mass is 35.5. The van der Waals surface area contributed by atoms with Crippen LogP contribution >= 0.6 is 22.9 Å². The fourth-order valence-electron chi connectivity index (χ4n) is 2.25. The number of ether oxygens (including phenoxy) is 1. The van der Waals surface area contributed by atoms with Crippen molar-refractivity contribution in [3.8, 4) is 5.75 Å². The van der Waals surface area contributed by atoms with Crippen molar-refractivity contribution in [2.24, 2.45) is 0 Å². The summed E-state index contributed by atoms with van der Waals surface area (Å²) in [4.78, 5) is 15.0. The van der Waals surface area contributed by atoms with E-state index in [1.54, 1.807) is 35.7 Å². The average molecular weight is 378 g/mol. The number of halogens is 2. The van der Waals surface area contributed by atoms with Crippen molar-refractivity contribution >= 4 is 28.9 Å². The molecule has 0 atom stereocenters. The van der Waals surface area contributed by atoms with E-state index < -0.39 is 5.97 Å². The van der Waals surface area contributed by atoms with Crippen LogP contribution in [0.3, 0.4) is 0 Å². The minimum absolute atomic E-state index is 0.0470. The number of aromatic nitrogens is 1. The molecule has 0 fully saturated rings. The molecule has 0 aliphatic heterocycles. The number of hydrogen-bond acceptors (Lipinski definition) is 4. The molecule has 2 aromatic carbocycles. The standard InChI is InChI=1S/C18H13ClFNO3S/c19-13-3-6-16(24-9-11-1-4-14(20)5-2-11)12(7-13)8-15-10-25-17(21-15)18(22)23/h1-7,10H,8-9H2,(H,22,23). The van der Waals surface area contributed by atoms with Crippen LogP contribution in [0.4, 0.5) is 4.39 Å². The molecule has 0 bridgehead atoms. The van der Waals surface area contributed by atoms with Gasteiger partial charge in [0.1, 0.15) is 18.2 Å². The third-order valence-corrected chi connectivity index (χ3v) is 4.55. The lowest BCUT2D eigenvalue weighted by molar-refractivity contribution is 0.0696. The minimum atomic E-state index is -1.05. The lowest BCUT2D eigenvalue weighted by Gasteiger charge is -2.11. The summed E-state index contributed by atoms with van der Waals surface area (Å²) in [5.41, 5.74) is 2.28. The largest absolute Gasteiger partial charge is 0.489 e. The van der Waals surface area contributed by atoms with Crippen LogP contribution in [0.2, 0.25) is 5.02 Å². The van der Waals surface area contributed by atoms with Crippen molar-refractivity contribution in [1.82, 2.24) is 4.98 Å². The second-order valence-corrected chi connectivity index (χ2v) is 6.59. The van der Waals surface area contributed by atoms with Gasteiger partial charge in [-0.3, -0.25) is 0 Å². The summed E-state index contributed by atoms with van der Waals surface area (Å²) in [6, 6.07) is 11.3. The number of hydrogen-bond donors (Lipinski definition) is 1. The molecule has 1 aromatic heterocycles. The summed E-state index contributed by atoms with van der Waals surface area (Å²) in [5.74, 6) is -0.720. The van der Waals surface area contributed by atoms with Crippen LogP contribution < -0.4 is 4.74 Å². The van der Waals surface area contributed by atoms with E-state index in [-0.39, 0.29) is 17.4 Å². The number of benzene rings is 2. The Morgan fingerprint density at radius 1 is 1.24 bits per heavy atom. The van der Waals surface area contributed by atoms with Crippen LogP contribution in [0.1, 0.15) is 26.6 Å². The van der Waals surface area contributed by atoms with Crippen LogP contribution in [-0.4, -0.2) is 16.1 Å². The lowest BCUT2D eigenvalue weighted by Crippen LogP contribution is -2.00. The maximum Gasteiger partial charge on any atom is 0.365 e. The first-order valence-corrected chi connectivity index (χ1v) is 8.60. The van der Waals surface area contributed by atoms with Crippen molar-refractivity contribution in [2.45, 2.75) is 13.0 Å². The van der Waals surface area contributed by atoms with E-state index in [2.05, 4.69) is 4.98 Å². The summed E-state index contributed by atoms with van der Waals surface area (Å²) in [5, 5.41) is 11.3. The zero-order valence-electron chi connectivity index (χ0n) is 12.9. The Labute approximate surface area is 152 Å². The van der Waals surface area contributed by atoms with E-state index in [1.807, 2.05) is 0 Å². The molecule has 7 heteroatoms. The van der Waals surface area contributed by atoms with Crippen LogP contribution in [0, 0.1) is 5.82 Å². The molecule has 4 nitrogen and oxygen atoms in total. The molecule has 0 aliphatic carbocycles. The van der Waals surface area contributed by atoms with Crippen molar-refractivity contribution < 1.29 is 19.0 Å². The molecule has 128 valence electrons. The lowest BCUT2D eigenvalue weighted by atomic mass is 10.1. The normalized spacial score (nSPS) is 10.6. The smallest absolute Gasteiger partial charge is 0.365 e. The molecule has 0 saturated heterocycles. The molecule has 3 rings (SSSR count). The molecule has 0 spiro atoms. The Morgan fingerprint density at radius 2 is 2.00 bits per heavy atom. The van der Waals surface area contributed by atoms with Gasteiger partial charge in [-0.1, -0.05) is 23.7 Å². The van der Waals surface area contributed by atoms with Crippen molar-refractivity contribution in [1.29, 1.82) is 0 Å². The van der Waals surface area contributed by atoms with Gasteiger partial charge >= 0.3 is 5.97 Å². The summed E-state index contributed by atoms with van der Waals surface area (Å²) < 4.78 is 18.8. The molecule has 1 N–H and O–H groups in total. The molecule has 0 radical (unpaired) electrons. The summed E-state index contributed by atoms with van der Waals surface area (Å²) in [6.07, 6.45) is 0.406. The maximum atomic E-state index is 13.0. The van der Waals surface area contributed by atoms with Crippen LogP contribution in [0.15, 0.2) is 47.8 Å². The highest BCUT2D eigenvalue weighted by Gasteiger charge is 2.12. The molecule has 1 heterocycles. The van der Waals surface area contributed by atoms with Crippen LogP contribution in [0.5, 0.6) is 5.75 Å². The summed E-state index contributed by atoms with van der Waals surface area (Å²) in [6.45, 7) is 0.284. The van der Waals surface area contributed by atoms with Gasteiger partial charge in [-0.05, 0) is 35.9 Å². The van der Waals surface area contributed by atoms with Gasteiger partial charge in [-0.2, -0.15) is 0 Å². The molecular formula is C18H13ClFNO3S. The molecule has 0 amide bonds. The van der Waals surface area contributed by atoms with Gasteiger partial charge in [-0.15, -0.1) is 11.3 Å². The van der Waals surface area contributed by atoms with Crippen LogP contribution in [-0.2, 0) is 13.0 Å². The highest BCUT2D eigenvalue weighted by Crippen LogP contribution is 2.27. The summed E-state index contributed by atoms with van der Waals surface area (Å²) in [7, 11) is 0. The number of aromatic carboxylic acids is 1. The van der Waals surface area contributed by atoms with Gasteiger partial charge in [0.2, 0.25) is 5.01 Å². The van der Waals surface area contributed by atoms with E-state index in [0.29, 0.717) is 22.9 Å². The van der Waals surface area contributed by atoms with Crippen molar-refractivity contribution in [2.75, 3.05) is 0 Å². The SMILES string of the molecule is O=C(O)c1nc(Cc2cc(Cl)ccc2OCc2ccc(F)cc2)cs1. The molecule has 0 unspecified atom stereocenters. The predicted molar refractivity (Wildman–Crippen MR) is 94.1 cm³/mol. The summed E-state index contributed by atoms with van der Waals surface area (Å²) >= 11 is 7.14. The Hall–Kier alpha value is -2.44. The quantitative estimate of drug-likeness (QED) is 0.670. The number of carboxylic acid groups (broad SMARTS) is 1. The van der Waals surface area contributed by atoms with Crippen molar-refractivity contribution in [3.05, 3.63) is 80.5 Å². The van der Waals surface area contributed by atoms with E-state index >= 15 is 0 Å². The van der Waals surface area contributed by atoms with E-state index in [9.17, 15) is 9.18 Å². The zero-order valence-corrected chi connectivity index (χ0v) is 14.5. The van der Waals surface area contributed by atoms with E-state index in [1.165, 1.54) is 12.1 Å². The Bertz CT molecular complexity index is 896. The van der Waals surface area contributed by atoms with Gasteiger partial charge in [0, 0.05) is 22.4 Å². The fourth-order valence-corrected chi connectivity index (χ4v) is 3.10. The third kappa shape index (κ3) is 4.55. The minimum Gasteiger partial charge on any atom is -0.489 e. The molecular weight excluding hydrogens is 365 g/mol. The van der Waals surface area contributed by atoms with Gasteiger partial charge in [-0.25, -0.2) is 14.2 Å². The first-order chi connectivity index (χ1) is 12.0. The Kier molecular flexibility index (Phi) is 5.31. The molecule has 25 heavy (non-hydrogen) atoms. The number of carboxylic acids is 1. The highest BCUT2D eigenvalue weighted by molar-refractivity contribution is 7.11. The maximum absolute atomic E-state index is 13.0.